The van der Waals surface area contributed by atoms with Gasteiger partial charge < -0.3 is 5.32 Å². The van der Waals surface area contributed by atoms with Crippen LogP contribution in [-0.4, -0.2) is 31.1 Å². The second-order valence-electron chi connectivity index (χ2n) is 5.43. The molecule has 0 unspecified atom stereocenters. The first-order valence-electron chi connectivity index (χ1n) is 7.88. The molecule has 2 aromatic carbocycles. The number of anilines is 1. The number of aromatic nitrogens is 2. The van der Waals surface area contributed by atoms with Crippen LogP contribution in [-0.2, 0) is 14.8 Å². The van der Waals surface area contributed by atoms with Crippen molar-refractivity contribution in [2.45, 2.75) is 11.3 Å². The summed E-state index contributed by atoms with van der Waals surface area (Å²) in [6, 6.07) is 15.8. The van der Waals surface area contributed by atoms with Gasteiger partial charge in [-0.05, 0) is 24.3 Å². The lowest BCUT2D eigenvalue weighted by atomic mass is 10.2. The molecule has 10 heteroatoms. The number of benzene rings is 2. The highest BCUT2D eigenvalue weighted by Gasteiger charge is 2.15. The number of hydrogen-bond donors (Lipinski definition) is 2. The molecule has 0 saturated carbocycles. The normalized spacial score (nSPS) is 11.3. The quantitative estimate of drug-likeness (QED) is 0.556. The number of nitrogens with zero attached hydrogens (tertiary/aromatic N) is 2. The van der Waals surface area contributed by atoms with E-state index >= 15 is 0 Å². The van der Waals surface area contributed by atoms with E-state index in [-0.39, 0.29) is 23.8 Å². The molecule has 1 aromatic heterocycles. The van der Waals surface area contributed by atoms with Crippen molar-refractivity contribution in [2.75, 3.05) is 11.9 Å². The van der Waals surface area contributed by atoms with Crippen LogP contribution in [0, 0.1) is 0 Å². The summed E-state index contributed by atoms with van der Waals surface area (Å²) in [5, 5.41) is 11.7. The van der Waals surface area contributed by atoms with Crippen LogP contribution in [0.5, 0.6) is 0 Å². The molecule has 0 fully saturated rings. The Labute approximate surface area is 169 Å². The van der Waals surface area contributed by atoms with Crippen LogP contribution in [0.25, 0.3) is 10.6 Å². The number of carbonyl (C=O) groups is 1. The van der Waals surface area contributed by atoms with E-state index < -0.39 is 10.0 Å². The standard InChI is InChI=1S/C17H15BrN4O3S2/c18-13-6-8-14(9-7-13)27(24,25)19-11-10-15(23)20-17-22-21-16(26-17)12-4-2-1-3-5-12/h1-9,19H,10-11H2,(H,20,22,23). The summed E-state index contributed by atoms with van der Waals surface area (Å²) in [5.74, 6) is -0.343. The van der Waals surface area contributed by atoms with Crippen molar-refractivity contribution in [3.8, 4) is 10.6 Å². The minimum absolute atomic E-state index is 0.0178. The molecule has 3 aromatic rings. The van der Waals surface area contributed by atoms with Gasteiger partial charge in [0, 0.05) is 23.0 Å². The van der Waals surface area contributed by atoms with E-state index in [1.54, 1.807) is 12.1 Å². The Bertz CT molecular complexity index is 1020. The maximum atomic E-state index is 12.2. The lowest BCUT2D eigenvalue weighted by Gasteiger charge is -2.06. The maximum absolute atomic E-state index is 12.2. The molecule has 0 atom stereocenters. The van der Waals surface area contributed by atoms with Gasteiger partial charge in [-0.25, -0.2) is 13.1 Å². The fourth-order valence-corrected chi connectivity index (χ4v) is 4.21. The zero-order valence-electron chi connectivity index (χ0n) is 13.9. The fourth-order valence-electron chi connectivity index (χ4n) is 2.15. The van der Waals surface area contributed by atoms with E-state index in [2.05, 4.69) is 36.2 Å². The summed E-state index contributed by atoms with van der Waals surface area (Å²) in [4.78, 5) is 12.2. The molecule has 0 spiro atoms. The van der Waals surface area contributed by atoms with Crippen molar-refractivity contribution in [1.82, 2.24) is 14.9 Å². The summed E-state index contributed by atoms with van der Waals surface area (Å²) < 4.78 is 27.5. The molecule has 3 rings (SSSR count). The number of rotatable bonds is 7. The molecule has 27 heavy (non-hydrogen) atoms. The molecule has 0 saturated heterocycles. The van der Waals surface area contributed by atoms with Crippen LogP contribution >= 0.6 is 27.3 Å². The second-order valence-corrected chi connectivity index (χ2v) is 9.09. The lowest BCUT2D eigenvalue weighted by Crippen LogP contribution is -2.27. The van der Waals surface area contributed by atoms with Crippen LogP contribution in [0.15, 0.2) is 64.0 Å². The highest BCUT2D eigenvalue weighted by molar-refractivity contribution is 9.10. The van der Waals surface area contributed by atoms with Crippen molar-refractivity contribution < 1.29 is 13.2 Å². The molecule has 1 heterocycles. The molecule has 0 aliphatic carbocycles. The van der Waals surface area contributed by atoms with Gasteiger partial charge in [0.05, 0.1) is 4.90 Å². The minimum atomic E-state index is -3.65. The molecule has 0 aliphatic rings. The van der Waals surface area contributed by atoms with Crippen LogP contribution in [0.3, 0.4) is 0 Å². The highest BCUT2D eigenvalue weighted by atomic mass is 79.9. The molecular formula is C17H15BrN4O3S2. The molecular weight excluding hydrogens is 452 g/mol. The van der Waals surface area contributed by atoms with Crippen LogP contribution < -0.4 is 10.0 Å². The van der Waals surface area contributed by atoms with Gasteiger partial charge in [0.25, 0.3) is 0 Å². The zero-order chi connectivity index (χ0) is 19.3. The first-order valence-corrected chi connectivity index (χ1v) is 11.0. The first-order chi connectivity index (χ1) is 12.9. The van der Waals surface area contributed by atoms with Gasteiger partial charge >= 0.3 is 0 Å². The Hall–Kier alpha value is -2.14. The van der Waals surface area contributed by atoms with Crippen molar-refractivity contribution in [3.63, 3.8) is 0 Å². The van der Waals surface area contributed by atoms with E-state index in [9.17, 15) is 13.2 Å². The van der Waals surface area contributed by atoms with Gasteiger partial charge in [-0.3, -0.25) is 4.79 Å². The van der Waals surface area contributed by atoms with Crippen molar-refractivity contribution in [3.05, 3.63) is 59.1 Å². The number of halogens is 1. The fraction of sp³-hybridized carbons (Fsp3) is 0.118. The van der Waals surface area contributed by atoms with Gasteiger partial charge in [-0.15, -0.1) is 10.2 Å². The number of amides is 1. The van der Waals surface area contributed by atoms with Gasteiger partial charge in [-0.1, -0.05) is 57.6 Å². The Morgan fingerprint density at radius 3 is 2.44 bits per heavy atom. The molecule has 140 valence electrons. The Morgan fingerprint density at radius 1 is 1.04 bits per heavy atom. The molecule has 2 N–H and O–H groups in total. The van der Waals surface area contributed by atoms with Gasteiger partial charge in [0.15, 0.2) is 0 Å². The summed E-state index contributed by atoms with van der Waals surface area (Å²) in [6.45, 7) is -0.0193. The number of sulfonamides is 1. The third-order valence-corrected chi connectivity index (χ3v) is 6.35. The number of carbonyl (C=O) groups excluding carboxylic acids is 1. The smallest absolute Gasteiger partial charge is 0.240 e. The van der Waals surface area contributed by atoms with Crippen LogP contribution in [0.4, 0.5) is 5.13 Å². The van der Waals surface area contributed by atoms with Crippen molar-refractivity contribution >= 4 is 48.3 Å². The molecule has 0 bridgehead atoms. The average Bonchev–Trinajstić information content (AvgIpc) is 3.11. The van der Waals surface area contributed by atoms with Gasteiger partial charge in [0.1, 0.15) is 5.01 Å². The van der Waals surface area contributed by atoms with E-state index in [0.717, 1.165) is 10.0 Å². The van der Waals surface area contributed by atoms with E-state index in [1.807, 2.05) is 30.3 Å². The SMILES string of the molecule is O=C(CCNS(=O)(=O)c1ccc(Br)cc1)Nc1nnc(-c2ccccc2)s1. The first kappa shape index (κ1) is 19.6. The summed E-state index contributed by atoms with van der Waals surface area (Å²) in [5.41, 5.74) is 0.915. The summed E-state index contributed by atoms with van der Waals surface area (Å²) >= 11 is 4.51. The van der Waals surface area contributed by atoms with Gasteiger partial charge in [0.2, 0.25) is 21.1 Å². The number of nitrogens with one attached hydrogen (secondary N) is 2. The Morgan fingerprint density at radius 2 is 1.74 bits per heavy atom. The lowest BCUT2D eigenvalue weighted by molar-refractivity contribution is -0.116. The van der Waals surface area contributed by atoms with Crippen molar-refractivity contribution in [1.29, 1.82) is 0 Å². The predicted octanol–water partition coefficient (Wildman–Crippen LogP) is 3.27. The summed E-state index contributed by atoms with van der Waals surface area (Å²) in [7, 11) is -3.65. The minimum Gasteiger partial charge on any atom is -0.300 e. The highest BCUT2D eigenvalue weighted by Crippen LogP contribution is 2.25. The third-order valence-electron chi connectivity index (χ3n) is 3.46. The van der Waals surface area contributed by atoms with E-state index in [1.165, 1.54) is 23.5 Å². The molecule has 0 aliphatic heterocycles. The Kier molecular flexibility index (Phi) is 6.32. The summed E-state index contributed by atoms with van der Waals surface area (Å²) in [6.07, 6.45) is -0.0178. The van der Waals surface area contributed by atoms with E-state index in [4.69, 9.17) is 0 Å². The van der Waals surface area contributed by atoms with Crippen LogP contribution in [0.2, 0.25) is 0 Å². The topological polar surface area (TPSA) is 101 Å². The second kappa shape index (κ2) is 8.70. The zero-order valence-corrected chi connectivity index (χ0v) is 17.1. The van der Waals surface area contributed by atoms with Crippen molar-refractivity contribution in [2.24, 2.45) is 0 Å². The third kappa shape index (κ3) is 5.42. The largest absolute Gasteiger partial charge is 0.300 e. The average molecular weight is 467 g/mol. The number of hydrogen-bond acceptors (Lipinski definition) is 6. The molecule has 1 amide bonds. The van der Waals surface area contributed by atoms with Crippen LogP contribution in [0.1, 0.15) is 6.42 Å². The van der Waals surface area contributed by atoms with E-state index in [0.29, 0.717) is 10.1 Å². The molecule has 7 nitrogen and oxygen atoms in total. The molecule has 0 radical (unpaired) electrons. The van der Waals surface area contributed by atoms with Gasteiger partial charge in [-0.2, -0.15) is 0 Å². The maximum Gasteiger partial charge on any atom is 0.240 e. The Balaban J connectivity index is 1.51. The predicted molar refractivity (Wildman–Crippen MR) is 108 cm³/mol. The monoisotopic (exact) mass is 466 g/mol.